The van der Waals surface area contributed by atoms with Crippen molar-refractivity contribution in [1.82, 2.24) is 0 Å². The molecule has 2 atom stereocenters. The SMILES string of the molecule is CC/C=C\C/C=C\C/C=C\C/C=C\CCCCCCCCCCCCC(=O)OC(COC(=O)CCCCCCCCCCCCCCC)COC(OCC[N+](C)(C)C)C(=O)[O-]. The van der Waals surface area contributed by atoms with Gasteiger partial charge >= 0.3 is 11.9 Å². The molecule has 0 bridgehead atoms. The third kappa shape index (κ3) is 45.1. The Kier molecular flexibility index (Phi) is 41.9. The molecule has 0 aromatic carbocycles. The third-order valence-electron chi connectivity index (χ3n) is 10.6. The molecule has 0 rings (SSSR count). The summed E-state index contributed by atoms with van der Waals surface area (Å²) in [4.78, 5) is 37.1. The Morgan fingerprint density at radius 1 is 0.508 bits per heavy atom. The monoisotopic (exact) mass is 860 g/mol. The van der Waals surface area contributed by atoms with E-state index in [4.69, 9.17) is 18.9 Å². The summed E-state index contributed by atoms with van der Waals surface area (Å²) < 4.78 is 22.6. The van der Waals surface area contributed by atoms with Crippen LogP contribution in [0.15, 0.2) is 48.6 Å². The highest BCUT2D eigenvalue weighted by atomic mass is 16.7. The fraction of sp³-hybridized carbons (Fsp3) is 0.788. The Hall–Kier alpha value is -2.75. The van der Waals surface area contributed by atoms with E-state index in [0.29, 0.717) is 23.9 Å². The van der Waals surface area contributed by atoms with Crippen LogP contribution in [0, 0.1) is 0 Å². The van der Waals surface area contributed by atoms with Gasteiger partial charge in [0.1, 0.15) is 13.2 Å². The molecule has 61 heavy (non-hydrogen) atoms. The lowest BCUT2D eigenvalue weighted by Gasteiger charge is -2.26. The van der Waals surface area contributed by atoms with Crippen molar-refractivity contribution < 1.29 is 42.9 Å². The van der Waals surface area contributed by atoms with Gasteiger partial charge in [0.15, 0.2) is 12.4 Å². The van der Waals surface area contributed by atoms with Crippen molar-refractivity contribution >= 4 is 17.9 Å². The van der Waals surface area contributed by atoms with Crippen molar-refractivity contribution in [2.75, 3.05) is 47.5 Å². The Balaban J connectivity index is 4.32. The van der Waals surface area contributed by atoms with Gasteiger partial charge in [0, 0.05) is 12.8 Å². The van der Waals surface area contributed by atoms with Crippen LogP contribution in [0.5, 0.6) is 0 Å². The number of carbonyl (C=O) groups excluding carboxylic acids is 3. The van der Waals surface area contributed by atoms with Crippen molar-refractivity contribution in [3.05, 3.63) is 48.6 Å². The van der Waals surface area contributed by atoms with E-state index in [9.17, 15) is 19.5 Å². The first kappa shape index (κ1) is 58.2. The van der Waals surface area contributed by atoms with E-state index in [2.05, 4.69) is 62.5 Å². The molecule has 9 nitrogen and oxygen atoms in total. The zero-order valence-electron chi connectivity index (χ0n) is 40.0. The highest BCUT2D eigenvalue weighted by Gasteiger charge is 2.21. The summed E-state index contributed by atoms with van der Waals surface area (Å²) >= 11 is 0. The molecule has 0 aliphatic rings. The van der Waals surface area contributed by atoms with Gasteiger partial charge in [-0.3, -0.25) is 9.59 Å². The number of unbranched alkanes of at least 4 members (excludes halogenated alkanes) is 22. The zero-order valence-corrected chi connectivity index (χ0v) is 40.0. The van der Waals surface area contributed by atoms with Gasteiger partial charge in [-0.05, 0) is 51.4 Å². The lowest BCUT2D eigenvalue weighted by molar-refractivity contribution is -0.870. The van der Waals surface area contributed by atoms with Crippen LogP contribution in [0.1, 0.15) is 206 Å². The fourth-order valence-corrected chi connectivity index (χ4v) is 6.76. The Morgan fingerprint density at radius 2 is 0.934 bits per heavy atom. The van der Waals surface area contributed by atoms with Gasteiger partial charge in [-0.2, -0.15) is 0 Å². The fourth-order valence-electron chi connectivity index (χ4n) is 6.76. The second-order valence-electron chi connectivity index (χ2n) is 17.7. The molecular formula is C52H93NO8. The molecule has 0 aromatic heterocycles. The topological polar surface area (TPSA) is 111 Å². The van der Waals surface area contributed by atoms with E-state index < -0.39 is 24.3 Å². The molecule has 0 aromatic rings. The number of quaternary nitrogens is 1. The number of ether oxygens (including phenoxy) is 4. The summed E-state index contributed by atoms with van der Waals surface area (Å²) in [6, 6.07) is 0. The maximum atomic E-state index is 12.8. The minimum Gasteiger partial charge on any atom is -0.545 e. The van der Waals surface area contributed by atoms with Gasteiger partial charge in [-0.1, -0.05) is 191 Å². The van der Waals surface area contributed by atoms with E-state index in [1.54, 1.807) is 0 Å². The molecule has 0 aliphatic carbocycles. The second-order valence-corrected chi connectivity index (χ2v) is 17.7. The normalized spacial score (nSPS) is 13.3. The van der Waals surface area contributed by atoms with E-state index in [1.165, 1.54) is 103 Å². The number of nitrogens with zero attached hydrogens (tertiary/aromatic N) is 1. The molecular weight excluding hydrogens is 767 g/mol. The Bertz CT molecular complexity index is 1140. The first-order chi connectivity index (χ1) is 29.6. The maximum absolute atomic E-state index is 12.8. The molecule has 2 unspecified atom stereocenters. The molecule has 0 saturated heterocycles. The van der Waals surface area contributed by atoms with Crippen LogP contribution in [-0.2, 0) is 33.3 Å². The number of aliphatic carboxylic acids is 1. The number of esters is 2. The van der Waals surface area contributed by atoms with Gasteiger partial charge < -0.3 is 33.3 Å². The number of carboxylic acids is 1. The number of carboxylic acid groups (broad SMARTS) is 1. The standard InChI is InChI=1S/C52H93NO8/c1-6-8-10-12-14-16-18-20-21-22-23-24-25-26-27-28-29-31-33-35-37-39-41-43-50(55)61-48(47-60-52(51(56)57)58-45-44-53(3,4)5)46-59-49(54)42-40-38-36-34-32-30-19-17-15-13-11-9-7-2/h8,10,14,16,20-21,23-24,48,52H,6-7,9,11-13,15,17-19,22,25-47H2,1-5H3/b10-8-,16-14-,21-20-,24-23-. The minimum absolute atomic E-state index is 0.147. The van der Waals surface area contributed by atoms with Crippen LogP contribution in [0.25, 0.3) is 0 Å². The summed E-state index contributed by atoms with van der Waals surface area (Å²) in [5.41, 5.74) is 0. The van der Waals surface area contributed by atoms with E-state index in [-0.39, 0.29) is 32.2 Å². The van der Waals surface area contributed by atoms with Gasteiger partial charge in [0.25, 0.3) is 0 Å². The van der Waals surface area contributed by atoms with Crippen LogP contribution >= 0.6 is 0 Å². The second kappa shape index (κ2) is 43.9. The van der Waals surface area contributed by atoms with E-state index >= 15 is 0 Å². The Labute approximate surface area is 374 Å². The number of allylic oxidation sites excluding steroid dienone is 8. The largest absolute Gasteiger partial charge is 0.545 e. The molecule has 0 spiro atoms. The zero-order chi connectivity index (χ0) is 44.9. The number of carbonyl (C=O) groups is 3. The summed E-state index contributed by atoms with van der Waals surface area (Å²) in [6.45, 7) is 4.63. The molecule has 0 aliphatic heterocycles. The lowest BCUT2D eigenvalue weighted by Crippen LogP contribution is -2.44. The van der Waals surface area contributed by atoms with Crippen LogP contribution < -0.4 is 5.11 Å². The average molecular weight is 860 g/mol. The first-order valence-electron chi connectivity index (χ1n) is 24.8. The predicted molar refractivity (Wildman–Crippen MR) is 251 cm³/mol. The molecule has 0 radical (unpaired) electrons. The van der Waals surface area contributed by atoms with Crippen molar-refractivity contribution in [2.24, 2.45) is 0 Å². The summed E-state index contributed by atoms with van der Waals surface area (Å²) in [7, 11) is 5.91. The van der Waals surface area contributed by atoms with Crippen molar-refractivity contribution in [3.63, 3.8) is 0 Å². The smallest absolute Gasteiger partial charge is 0.306 e. The van der Waals surface area contributed by atoms with Crippen molar-refractivity contribution in [3.8, 4) is 0 Å². The quantitative estimate of drug-likeness (QED) is 0.0196. The number of likely N-dealkylation sites (N-methyl/N-ethyl adjacent to an activating group) is 1. The number of hydrogen-bond acceptors (Lipinski definition) is 8. The third-order valence-corrected chi connectivity index (χ3v) is 10.6. The van der Waals surface area contributed by atoms with Gasteiger partial charge in [-0.15, -0.1) is 0 Å². The lowest BCUT2D eigenvalue weighted by atomic mass is 10.0. The molecule has 0 saturated carbocycles. The summed E-state index contributed by atoms with van der Waals surface area (Å²) in [5.74, 6) is -2.28. The average Bonchev–Trinajstić information content (AvgIpc) is 3.22. The molecule has 9 heteroatoms. The predicted octanol–water partition coefficient (Wildman–Crippen LogP) is 12.2. The van der Waals surface area contributed by atoms with Crippen molar-refractivity contribution in [1.29, 1.82) is 0 Å². The van der Waals surface area contributed by atoms with Crippen molar-refractivity contribution in [2.45, 2.75) is 219 Å². The van der Waals surface area contributed by atoms with E-state index in [0.717, 1.165) is 70.6 Å². The van der Waals surface area contributed by atoms with Gasteiger partial charge in [0.05, 0.1) is 40.3 Å². The molecule has 0 N–H and O–H groups in total. The minimum atomic E-state index is -1.62. The molecule has 354 valence electrons. The molecule has 0 fully saturated rings. The maximum Gasteiger partial charge on any atom is 0.306 e. The highest BCUT2D eigenvalue weighted by Crippen LogP contribution is 2.15. The van der Waals surface area contributed by atoms with Gasteiger partial charge in [-0.25, -0.2) is 0 Å². The Morgan fingerprint density at radius 3 is 1.39 bits per heavy atom. The molecule has 0 heterocycles. The van der Waals surface area contributed by atoms with Crippen LogP contribution in [0.3, 0.4) is 0 Å². The highest BCUT2D eigenvalue weighted by molar-refractivity contribution is 5.70. The van der Waals surface area contributed by atoms with Gasteiger partial charge in [0.2, 0.25) is 0 Å². The number of hydrogen-bond donors (Lipinski definition) is 0. The first-order valence-corrected chi connectivity index (χ1v) is 24.8. The van der Waals surface area contributed by atoms with Crippen LogP contribution in [0.4, 0.5) is 0 Å². The summed E-state index contributed by atoms with van der Waals surface area (Å²) in [6.07, 6.45) is 48.5. The summed E-state index contributed by atoms with van der Waals surface area (Å²) in [5, 5.41) is 11.7. The van der Waals surface area contributed by atoms with Crippen LogP contribution in [0.2, 0.25) is 0 Å². The number of rotatable bonds is 45. The van der Waals surface area contributed by atoms with E-state index in [1.807, 2.05) is 21.1 Å². The molecule has 0 amide bonds. The van der Waals surface area contributed by atoms with Crippen LogP contribution in [-0.4, -0.2) is 82.3 Å².